The molecule has 0 radical (unpaired) electrons. The van der Waals surface area contributed by atoms with E-state index in [-0.39, 0.29) is 4.90 Å². The van der Waals surface area contributed by atoms with Gasteiger partial charge in [0, 0.05) is 42.6 Å². The van der Waals surface area contributed by atoms with Gasteiger partial charge in [-0.15, -0.1) is 0 Å². The van der Waals surface area contributed by atoms with Crippen LogP contribution in [0.3, 0.4) is 0 Å². The number of nitrogens with one attached hydrogen (secondary N) is 1. The van der Waals surface area contributed by atoms with Crippen LogP contribution in [0.1, 0.15) is 36.6 Å². The number of nitriles is 1. The highest BCUT2D eigenvalue weighted by atomic mass is 32.2. The summed E-state index contributed by atoms with van der Waals surface area (Å²) in [5, 5.41) is 8.96. The van der Waals surface area contributed by atoms with E-state index in [1.165, 1.54) is 24.3 Å². The first-order chi connectivity index (χ1) is 16.9. The monoisotopic (exact) mass is 492 g/mol. The number of pyridine rings is 1. The van der Waals surface area contributed by atoms with Crippen molar-refractivity contribution < 1.29 is 17.9 Å². The first-order valence-electron chi connectivity index (χ1n) is 11.5. The smallest absolute Gasteiger partial charge is 0.241 e. The lowest BCUT2D eigenvalue weighted by Crippen LogP contribution is -2.36. The fourth-order valence-electron chi connectivity index (χ4n) is 4.09. The maximum atomic E-state index is 12.9. The van der Waals surface area contributed by atoms with Gasteiger partial charge in [0.15, 0.2) is 0 Å². The van der Waals surface area contributed by atoms with Gasteiger partial charge in [-0.2, -0.15) is 5.26 Å². The Labute approximate surface area is 206 Å². The van der Waals surface area contributed by atoms with E-state index in [9.17, 15) is 8.42 Å². The van der Waals surface area contributed by atoms with Crippen LogP contribution in [0, 0.1) is 11.3 Å². The Balaban J connectivity index is 1.55. The molecule has 1 unspecified atom stereocenters. The number of ether oxygens (including phenoxy) is 2. The molecule has 0 amide bonds. The van der Waals surface area contributed by atoms with Crippen LogP contribution in [0.2, 0.25) is 0 Å². The van der Waals surface area contributed by atoms with E-state index >= 15 is 0 Å². The van der Waals surface area contributed by atoms with E-state index in [1.54, 1.807) is 13.1 Å². The second-order valence-corrected chi connectivity index (χ2v) is 9.93. The molecule has 0 spiro atoms. The molecular weight excluding hydrogens is 464 g/mol. The van der Waals surface area contributed by atoms with E-state index in [1.807, 2.05) is 43.3 Å². The third kappa shape index (κ3) is 5.80. The van der Waals surface area contributed by atoms with Crippen LogP contribution < -0.4 is 14.4 Å². The Morgan fingerprint density at radius 2 is 1.91 bits per heavy atom. The van der Waals surface area contributed by atoms with Gasteiger partial charge >= 0.3 is 0 Å². The predicted molar refractivity (Wildman–Crippen MR) is 133 cm³/mol. The number of rotatable bonds is 8. The van der Waals surface area contributed by atoms with E-state index in [2.05, 4.69) is 14.6 Å². The molecule has 8 nitrogen and oxygen atoms in total. The van der Waals surface area contributed by atoms with Crippen molar-refractivity contribution in [2.24, 2.45) is 0 Å². The number of sulfonamides is 1. The van der Waals surface area contributed by atoms with Crippen molar-refractivity contribution in [3.05, 3.63) is 77.5 Å². The van der Waals surface area contributed by atoms with Gasteiger partial charge in [-0.3, -0.25) is 0 Å². The van der Waals surface area contributed by atoms with Crippen molar-refractivity contribution in [2.45, 2.75) is 31.2 Å². The van der Waals surface area contributed by atoms with Crippen molar-refractivity contribution in [2.75, 3.05) is 31.2 Å². The van der Waals surface area contributed by atoms with Crippen molar-refractivity contribution in [3.63, 3.8) is 0 Å². The lowest BCUT2D eigenvalue weighted by atomic mass is 10.0. The van der Waals surface area contributed by atoms with E-state index in [4.69, 9.17) is 14.7 Å². The Hall–Kier alpha value is -3.45. The quantitative estimate of drug-likeness (QED) is 0.503. The van der Waals surface area contributed by atoms with Crippen LogP contribution in [-0.4, -0.2) is 39.7 Å². The Bertz CT molecular complexity index is 1310. The average Bonchev–Trinajstić information content (AvgIpc) is 2.89. The molecule has 1 aliphatic heterocycles. The minimum absolute atomic E-state index is 0.104. The van der Waals surface area contributed by atoms with E-state index in [0.717, 1.165) is 29.9 Å². The van der Waals surface area contributed by atoms with Crippen molar-refractivity contribution >= 4 is 15.7 Å². The third-order valence-corrected chi connectivity index (χ3v) is 7.46. The van der Waals surface area contributed by atoms with Gasteiger partial charge < -0.3 is 14.4 Å². The lowest BCUT2D eigenvalue weighted by Gasteiger charge is -2.29. The first kappa shape index (κ1) is 24.7. The first-order valence-corrected chi connectivity index (χ1v) is 13.0. The molecule has 4 rings (SSSR count). The second kappa shape index (κ2) is 10.9. The minimum Gasteiger partial charge on any atom is -0.439 e. The zero-order valence-electron chi connectivity index (χ0n) is 19.8. The maximum absolute atomic E-state index is 12.9. The summed E-state index contributed by atoms with van der Waals surface area (Å²) in [5.41, 5.74) is 3.08. The summed E-state index contributed by atoms with van der Waals surface area (Å²) in [4.78, 5) is 6.79. The summed E-state index contributed by atoms with van der Waals surface area (Å²) in [7, 11) is -3.78. The molecule has 3 aromatic rings. The highest BCUT2D eigenvalue weighted by Crippen LogP contribution is 2.31. The van der Waals surface area contributed by atoms with Gasteiger partial charge in [0.05, 0.1) is 29.7 Å². The normalized spacial score (nSPS) is 14.8. The van der Waals surface area contributed by atoms with Gasteiger partial charge in [-0.25, -0.2) is 18.1 Å². The minimum atomic E-state index is -3.78. The molecule has 1 fully saturated rings. The summed E-state index contributed by atoms with van der Waals surface area (Å²) in [5.74, 6) is 1.12. The number of nitrogens with zero attached hydrogens (tertiary/aromatic N) is 3. The van der Waals surface area contributed by atoms with Crippen molar-refractivity contribution in [3.8, 4) is 17.7 Å². The third-order valence-electron chi connectivity index (χ3n) is 5.91. The molecule has 0 aliphatic carbocycles. The second-order valence-electron chi connectivity index (χ2n) is 8.22. The van der Waals surface area contributed by atoms with Crippen LogP contribution in [0.15, 0.2) is 65.7 Å². The van der Waals surface area contributed by atoms with Gasteiger partial charge in [0.2, 0.25) is 15.9 Å². The predicted octanol–water partition coefficient (Wildman–Crippen LogP) is 4.18. The average molecular weight is 493 g/mol. The largest absolute Gasteiger partial charge is 0.439 e. The topological polar surface area (TPSA) is 105 Å². The number of aromatic nitrogens is 1. The molecule has 1 N–H and O–H groups in total. The van der Waals surface area contributed by atoms with Crippen LogP contribution in [-0.2, 0) is 21.2 Å². The summed E-state index contributed by atoms with van der Waals surface area (Å²) in [6, 6.07) is 17.0. The highest BCUT2D eigenvalue weighted by Gasteiger charge is 2.22. The number of benzene rings is 2. The molecule has 1 saturated heterocycles. The van der Waals surface area contributed by atoms with Crippen LogP contribution in [0.5, 0.6) is 11.6 Å². The lowest BCUT2D eigenvalue weighted by molar-refractivity contribution is 0.122. The SMILES string of the molecule is CCc1c(C(C)NS(=O)(=O)c2ccc(C#N)cc2)ccnc1Oc1cccc(N2CCOCC2)c1. The van der Waals surface area contributed by atoms with Crippen LogP contribution in [0.25, 0.3) is 0 Å². The van der Waals surface area contributed by atoms with E-state index in [0.29, 0.717) is 36.8 Å². The fourth-order valence-corrected chi connectivity index (χ4v) is 5.31. The molecule has 182 valence electrons. The Morgan fingerprint density at radius 3 is 2.60 bits per heavy atom. The molecule has 1 atom stereocenters. The number of hydrogen-bond donors (Lipinski definition) is 1. The van der Waals surface area contributed by atoms with Gasteiger partial charge in [0.1, 0.15) is 5.75 Å². The fraction of sp³-hybridized carbons (Fsp3) is 0.308. The van der Waals surface area contributed by atoms with Crippen molar-refractivity contribution in [1.82, 2.24) is 9.71 Å². The molecule has 0 bridgehead atoms. The van der Waals surface area contributed by atoms with Crippen LogP contribution >= 0.6 is 0 Å². The highest BCUT2D eigenvalue weighted by molar-refractivity contribution is 7.89. The number of hydrogen-bond acceptors (Lipinski definition) is 7. The Kier molecular flexibility index (Phi) is 7.66. The molecule has 1 aliphatic rings. The molecule has 2 heterocycles. The van der Waals surface area contributed by atoms with E-state index < -0.39 is 16.1 Å². The summed E-state index contributed by atoms with van der Waals surface area (Å²) in [6.45, 7) is 6.83. The summed E-state index contributed by atoms with van der Waals surface area (Å²) < 4.78 is 40.2. The molecule has 1 aromatic heterocycles. The number of morpholine rings is 1. The van der Waals surface area contributed by atoms with Gasteiger partial charge in [0.25, 0.3) is 0 Å². The van der Waals surface area contributed by atoms with Crippen molar-refractivity contribution in [1.29, 1.82) is 5.26 Å². The van der Waals surface area contributed by atoms with Gasteiger partial charge in [-0.05, 0) is 61.4 Å². The zero-order valence-corrected chi connectivity index (χ0v) is 20.6. The summed E-state index contributed by atoms with van der Waals surface area (Å²) in [6.07, 6.45) is 2.24. The van der Waals surface area contributed by atoms with Crippen LogP contribution in [0.4, 0.5) is 5.69 Å². The maximum Gasteiger partial charge on any atom is 0.241 e. The Morgan fingerprint density at radius 1 is 1.17 bits per heavy atom. The molecule has 0 saturated carbocycles. The molecule has 2 aromatic carbocycles. The summed E-state index contributed by atoms with van der Waals surface area (Å²) >= 11 is 0. The molecule has 9 heteroatoms. The van der Waals surface area contributed by atoms with Gasteiger partial charge in [-0.1, -0.05) is 13.0 Å². The molecule has 35 heavy (non-hydrogen) atoms. The zero-order chi connectivity index (χ0) is 24.8. The standard InChI is InChI=1S/C26H28N4O4S/c1-3-24-25(19(2)29-35(31,32)23-9-7-20(18-27)8-10-23)11-12-28-26(24)34-22-6-4-5-21(17-22)30-13-15-33-16-14-30/h4-12,17,19,29H,3,13-16H2,1-2H3. The molecular formula is C26H28N4O4S. The number of anilines is 1.